The van der Waals surface area contributed by atoms with Gasteiger partial charge in [-0.2, -0.15) is 0 Å². The predicted molar refractivity (Wildman–Crippen MR) is 86.2 cm³/mol. The number of ether oxygens (including phenoxy) is 1. The highest BCUT2D eigenvalue weighted by molar-refractivity contribution is 5.76. The third-order valence-electron chi connectivity index (χ3n) is 4.60. The van der Waals surface area contributed by atoms with E-state index in [1.165, 1.54) is 0 Å². The molecule has 24 heavy (non-hydrogen) atoms. The molecule has 0 unspecified atom stereocenters. The third-order valence-corrected chi connectivity index (χ3v) is 4.60. The topological polar surface area (TPSA) is 80.5 Å². The molecule has 0 aromatic carbocycles. The molecule has 2 aromatic rings. The lowest BCUT2D eigenvalue weighted by atomic mass is 10.0. The predicted octanol–water partition coefficient (Wildman–Crippen LogP) is 1.37. The van der Waals surface area contributed by atoms with Gasteiger partial charge >= 0.3 is 0 Å². The van der Waals surface area contributed by atoms with E-state index in [1.54, 1.807) is 18.7 Å². The summed E-state index contributed by atoms with van der Waals surface area (Å²) in [5.74, 6) is 1.95. The summed E-state index contributed by atoms with van der Waals surface area (Å²) >= 11 is 0. The van der Waals surface area contributed by atoms with Crippen LogP contribution in [0.2, 0.25) is 0 Å². The number of nitrogens with one attached hydrogen (secondary N) is 1. The van der Waals surface area contributed by atoms with Crippen LogP contribution in [0.5, 0.6) is 0 Å². The fourth-order valence-corrected chi connectivity index (χ4v) is 3.49. The summed E-state index contributed by atoms with van der Waals surface area (Å²) < 4.78 is 11.3. The Morgan fingerprint density at radius 3 is 2.92 bits per heavy atom. The first kappa shape index (κ1) is 15.1. The average molecular weight is 328 g/mol. The molecule has 0 bridgehead atoms. The van der Waals surface area contributed by atoms with Crippen LogP contribution >= 0.6 is 0 Å². The summed E-state index contributed by atoms with van der Waals surface area (Å²) in [4.78, 5) is 22.8. The van der Waals surface area contributed by atoms with E-state index in [2.05, 4.69) is 20.2 Å². The van der Waals surface area contributed by atoms with Crippen molar-refractivity contribution in [3.63, 3.8) is 0 Å². The van der Waals surface area contributed by atoms with Crippen LogP contribution in [-0.4, -0.2) is 41.2 Å². The fourth-order valence-electron chi connectivity index (χ4n) is 3.49. The first-order valence-electron chi connectivity index (χ1n) is 8.24. The van der Waals surface area contributed by atoms with Crippen LogP contribution in [-0.2, 0) is 16.1 Å². The van der Waals surface area contributed by atoms with E-state index < -0.39 is 0 Å². The Hall–Kier alpha value is -2.41. The van der Waals surface area contributed by atoms with Crippen LogP contribution in [0.1, 0.15) is 18.6 Å². The molecule has 0 aliphatic carbocycles. The first-order chi connectivity index (χ1) is 11.8. The monoisotopic (exact) mass is 328 g/mol. The van der Waals surface area contributed by atoms with Gasteiger partial charge in [0.1, 0.15) is 5.76 Å². The number of furan rings is 1. The van der Waals surface area contributed by atoms with E-state index in [0.29, 0.717) is 18.9 Å². The Bertz CT molecular complexity index is 662. The van der Waals surface area contributed by atoms with Crippen LogP contribution in [0.4, 0.5) is 5.95 Å². The SMILES string of the molecule is O=C(C[C@@H]1C[C@@H]2CN(c3ncccn3)C[C@@H]2O1)NCc1ccco1. The number of aromatic nitrogens is 2. The number of hydrogen-bond donors (Lipinski definition) is 1. The highest BCUT2D eigenvalue weighted by atomic mass is 16.5. The number of carbonyl (C=O) groups excluding carboxylic acids is 1. The smallest absolute Gasteiger partial charge is 0.225 e. The van der Waals surface area contributed by atoms with Crippen molar-refractivity contribution in [1.29, 1.82) is 0 Å². The largest absolute Gasteiger partial charge is 0.467 e. The molecule has 3 atom stereocenters. The fraction of sp³-hybridized carbons (Fsp3) is 0.471. The van der Waals surface area contributed by atoms with Gasteiger partial charge in [0.05, 0.1) is 31.4 Å². The number of fused-ring (bicyclic) bond motifs is 1. The Morgan fingerprint density at radius 2 is 2.17 bits per heavy atom. The maximum absolute atomic E-state index is 12.0. The molecule has 1 amide bonds. The molecule has 2 aromatic heterocycles. The molecule has 2 aliphatic rings. The number of amides is 1. The number of anilines is 1. The summed E-state index contributed by atoms with van der Waals surface area (Å²) in [5.41, 5.74) is 0. The van der Waals surface area contributed by atoms with Crippen molar-refractivity contribution in [2.45, 2.75) is 31.6 Å². The van der Waals surface area contributed by atoms with Crippen LogP contribution in [0, 0.1) is 5.92 Å². The summed E-state index contributed by atoms with van der Waals surface area (Å²) in [5, 5.41) is 2.87. The standard InChI is InChI=1S/C17H20N4O3/c22-16(20-9-13-3-1-6-23-13)8-14-7-12-10-21(11-15(12)24-14)17-18-4-2-5-19-17/h1-6,12,14-15H,7-11H2,(H,20,22)/t12-,14+,15+/m1/s1. The van der Waals surface area contributed by atoms with E-state index in [-0.39, 0.29) is 18.1 Å². The molecule has 0 spiro atoms. The molecule has 1 N–H and O–H groups in total. The van der Waals surface area contributed by atoms with Gasteiger partial charge in [-0.25, -0.2) is 9.97 Å². The molecular weight excluding hydrogens is 308 g/mol. The van der Waals surface area contributed by atoms with Crippen LogP contribution < -0.4 is 10.2 Å². The van der Waals surface area contributed by atoms with Crippen LogP contribution in [0.3, 0.4) is 0 Å². The normalized spacial score (nSPS) is 25.7. The zero-order valence-electron chi connectivity index (χ0n) is 13.3. The van der Waals surface area contributed by atoms with Gasteiger partial charge in [0, 0.05) is 31.4 Å². The Balaban J connectivity index is 1.24. The molecule has 2 fully saturated rings. The molecular formula is C17H20N4O3. The van der Waals surface area contributed by atoms with Gasteiger partial charge in [-0.3, -0.25) is 4.79 Å². The van der Waals surface area contributed by atoms with Gasteiger partial charge in [0.15, 0.2) is 0 Å². The molecule has 0 saturated carbocycles. The molecule has 7 heteroatoms. The van der Waals surface area contributed by atoms with Crippen LogP contribution in [0.15, 0.2) is 41.3 Å². The van der Waals surface area contributed by atoms with Crippen molar-refractivity contribution in [3.05, 3.63) is 42.6 Å². The van der Waals surface area contributed by atoms with Gasteiger partial charge in [0.2, 0.25) is 11.9 Å². The van der Waals surface area contributed by atoms with Gasteiger partial charge in [-0.05, 0) is 24.6 Å². The minimum Gasteiger partial charge on any atom is -0.467 e. The van der Waals surface area contributed by atoms with E-state index in [1.807, 2.05) is 18.2 Å². The lowest BCUT2D eigenvalue weighted by molar-refractivity contribution is -0.123. The van der Waals surface area contributed by atoms with Gasteiger partial charge < -0.3 is 19.4 Å². The van der Waals surface area contributed by atoms with Gasteiger partial charge in [0.25, 0.3) is 0 Å². The summed E-state index contributed by atoms with van der Waals surface area (Å²) in [6, 6.07) is 5.47. The minimum atomic E-state index is -0.00422. The average Bonchev–Trinajstić information content (AvgIpc) is 3.30. The molecule has 0 radical (unpaired) electrons. The molecule has 126 valence electrons. The van der Waals surface area contributed by atoms with Crippen molar-refractivity contribution in [2.75, 3.05) is 18.0 Å². The van der Waals surface area contributed by atoms with E-state index >= 15 is 0 Å². The molecule has 4 heterocycles. The zero-order valence-corrected chi connectivity index (χ0v) is 13.3. The Kier molecular flexibility index (Phi) is 4.17. The number of hydrogen-bond acceptors (Lipinski definition) is 6. The molecule has 2 aliphatic heterocycles. The second-order valence-electron chi connectivity index (χ2n) is 6.31. The van der Waals surface area contributed by atoms with E-state index in [0.717, 1.165) is 31.2 Å². The van der Waals surface area contributed by atoms with E-state index in [4.69, 9.17) is 9.15 Å². The summed E-state index contributed by atoms with van der Waals surface area (Å²) in [6.07, 6.45) is 6.57. The maximum Gasteiger partial charge on any atom is 0.225 e. The Morgan fingerprint density at radius 1 is 1.29 bits per heavy atom. The lowest BCUT2D eigenvalue weighted by Crippen LogP contribution is -2.30. The van der Waals surface area contributed by atoms with Crippen molar-refractivity contribution in [3.8, 4) is 0 Å². The maximum atomic E-state index is 12.0. The highest BCUT2D eigenvalue weighted by Gasteiger charge is 2.43. The zero-order chi connectivity index (χ0) is 16.4. The van der Waals surface area contributed by atoms with Crippen molar-refractivity contribution in [1.82, 2.24) is 15.3 Å². The quantitative estimate of drug-likeness (QED) is 0.893. The lowest BCUT2D eigenvalue weighted by Gasteiger charge is -2.18. The van der Waals surface area contributed by atoms with Crippen molar-refractivity contribution in [2.24, 2.45) is 5.92 Å². The Labute approximate surface area is 140 Å². The van der Waals surface area contributed by atoms with E-state index in [9.17, 15) is 4.79 Å². The molecule has 2 saturated heterocycles. The van der Waals surface area contributed by atoms with Gasteiger partial charge in [-0.1, -0.05) is 0 Å². The minimum absolute atomic E-state index is 0.000350. The van der Waals surface area contributed by atoms with Crippen LogP contribution in [0.25, 0.3) is 0 Å². The highest BCUT2D eigenvalue weighted by Crippen LogP contribution is 2.35. The summed E-state index contributed by atoms with van der Waals surface area (Å²) in [7, 11) is 0. The van der Waals surface area contributed by atoms with Gasteiger partial charge in [-0.15, -0.1) is 0 Å². The second-order valence-corrected chi connectivity index (χ2v) is 6.31. The van der Waals surface area contributed by atoms with Crippen molar-refractivity contribution >= 4 is 11.9 Å². The number of rotatable bonds is 5. The number of nitrogens with zero attached hydrogens (tertiary/aromatic N) is 3. The molecule has 7 nitrogen and oxygen atoms in total. The van der Waals surface area contributed by atoms with Crippen molar-refractivity contribution < 1.29 is 13.9 Å². The second kappa shape index (κ2) is 6.60. The molecule has 4 rings (SSSR count). The first-order valence-corrected chi connectivity index (χ1v) is 8.24. The third kappa shape index (κ3) is 3.26. The number of carbonyl (C=O) groups is 1. The summed E-state index contributed by atoms with van der Waals surface area (Å²) in [6.45, 7) is 2.10.